The van der Waals surface area contributed by atoms with E-state index in [9.17, 15) is 9.50 Å². The molecular weight excluding hydrogens is 287 g/mol. The Morgan fingerprint density at radius 3 is 2.71 bits per heavy atom. The lowest BCUT2D eigenvalue weighted by molar-refractivity contribution is 0.208. The van der Waals surface area contributed by atoms with Crippen molar-refractivity contribution >= 4 is 15.9 Å². The van der Waals surface area contributed by atoms with Crippen LogP contribution in [0.5, 0.6) is 0 Å². The van der Waals surface area contributed by atoms with Crippen molar-refractivity contribution in [3.8, 4) is 0 Å². The van der Waals surface area contributed by atoms with Gasteiger partial charge in [0.15, 0.2) is 0 Å². The van der Waals surface area contributed by atoms with E-state index in [4.69, 9.17) is 0 Å². The first kappa shape index (κ1) is 12.3. The van der Waals surface area contributed by atoms with Gasteiger partial charge in [-0.25, -0.2) is 4.39 Å². The first-order chi connectivity index (χ1) is 8.00. The molecule has 0 aliphatic carbocycles. The summed E-state index contributed by atoms with van der Waals surface area (Å²) in [7, 11) is 1.75. The molecule has 2 aromatic rings. The SMILES string of the molecule is Cc1cc(F)ccc1C(O)c1c(Br)cnn1C. The van der Waals surface area contributed by atoms with Gasteiger partial charge in [0.25, 0.3) is 0 Å². The minimum absolute atomic E-state index is 0.303. The predicted octanol–water partition coefficient (Wildman–Crippen LogP) is 2.71. The van der Waals surface area contributed by atoms with Crippen molar-refractivity contribution < 1.29 is 9.50 Å². The van der Waals surface area contributed by atoms with E-state index in [2.05, 4.69) is 21.0 Å². The number of aliphatic hydroxyl groups is 1. The second-order valence-electron chi connectivity index (χ2n) is 3.90. The van der Waals surface area contributed by atoms with E-state index in [1.54, 1.807) is 30.9 Å². The molecule has 0 bridgehead atoms. The summed E-state index contributed by atoms with van der Waals surface area (Å²) < 4.78 is 15.3. The number of benzene rings is 1. The molecule has 0 radical (unpaired) electrons. The molecule has 0 amide bonds. The fourth-order valence-electron chi connectivity index (χ4n) is 1.82. The van der Waals surface area contributed by atoms with Gasteiger partial charge < -0.3 is 5.11 Å². The number of rotatable bonds is 2. The maximum atomic E-state index is 13.0. The van der Waals surface area contributed by atoms with Crippen LogP contribution in [-0.4, -0.2) is 14.9 Å². The van der Waals surface area contributed by atoms with Crippen LogP contribution >= 0.6 is 15.9 Å². The highest BCUT2D eigenvalue weighted by atomic mass is 79.9. The molecule has 1 atom stereocenters. The van der Waals surface area contributed by atoms with Gasteiger partial charge in [-0.1, -0.05) is 6.07 Å². The quantitative estimate of drug-likeness (QED) is 0.926. The highest BCUT2D eigenvalue weighted by Gasteiger charge is 2.19. The Labute approximate surface area is 107 Å². The lowest BCUT2D eigenvalue weighted by atomic mass is 10.0. The monoisotopic (exact) mass is 298 g/mol. The Kier molecular flexibility index (Phi) is 3.31. The van der Waals surface area contributed by atoms with E-state index >= 15 is 0 Å². The molecule has 90 valence electrons. The third-order valence-corrected chi connectivity index (χ3v) is 3.33. The molecule has 1 N–H and O–H groups in total. The van der Waals surface area contributed by atoms with Crippen molar-refractivity contribution in [3.05, 3.63) is 51.5 Å². The van der Waals surface area contributed by atoms with Crippen LogP contribution in [0.4, 0.5) is 4.39 Å². The standard InChI is InChI=1S/C12H12BrFN2O/c1-7-5-8(14)3-4-9(7)12(17)11-10(13)6-15-16(11)2/h3-6,12,17H,1-2H3. The van der Waals surface area contributed by atoms with E-state index in [1.165, 1.54) is 12.1 Å². The minimum atomic E-state index is -0.822. The van der Waals surface area contributed by atoms with E-state index in [0.717, 1.165) is 4.47 Å². The summed E-state index contributed by atoms with van der Waals surface area (Å²) in [6, 6.07) is 4.34. The van der Waals surface area contributed by atoms with Gasteiger partial charge in [0, 0.05) is 7.05 Å². The minimum Gasteiger partial charge on any atom is -0.382 e. The van der Waals surface area contributed by atoms with Gasteiger partial charge in [-0.15, -0.1) is 0 Å². The molecule has 3 nitrogen and oxygen atoms in total. The van der Waals surface area contributed by atoms with Gasteiger partial charge >= 0.3 is 0 Å². The first-order valence-corrected chi connectivity index (χ1v) is 5.91. The van der Waals surface area contributed by atoms with Crippen LogP contribution in [0.25, 0.3) is 0 Å². The largest absolute Gasteiger partial charge is 0.382 e. The lowest BCUT2D eigenvalue weighted by Crippen LogP contribution is -2.08. The van der Waals surface area contributed by atoms with Crippen molar-refractivity contribution in [2.24, 2.45) is 7.05 Å². The average Bonchev–Trinajstić information content (AvgIpc) is 2.58. The molecule has 0 aliphatic rings. The van der Waals surface area contributed by atoms with Crippen LogP contribution in [0.1, 0.15) is 22.9 Å². The predicted molar refractivity (Wildman–Crippen MR) is 66.1 cm³/mol. The zero-order valence-electron chi connectivity index (χ0n) is 9.48. The zero-order chi connectivity index (χ0) is 12.6. The Bertz CT molecular complexity index is 534. The molecule has 1 aromatic carbocycles. The number of hydrogen-bond acceptors (Lipinski definition) is 2. The molecule has 0 aliphatic heterocycles. The number of nitrogens with zero attached hydrogens (tertiary/aromatic N) is 2. The van der Waals surface area contributed by atoms with Crippen molar-refractivity contribution in [3.63, 3.8) is 0 Å². The average molecular weight is 299 g/mol. The smallest absolute Gasteiger partial charge is 0.123 e. The van der Waals surface area contributed by atoms with Gasteiger partial charge in [0.2, 0.25) is 0 Å². The second kappa shape index (κ2) is 4.58. The van der Waals surface area contributed by atoms with E-state index in [0.29, 0.717) is 16.8 Å². The highest BCUT2D eigenvalue weighted by molar-refractivity contribution is 9.10. The van der Waals surface area contributed by atoms with Crippen LogP contribution in [0, 0.1) is 12.7 Å². The molecule has 1 unspecified atom stereocenters. The Morgan fingerprint density at radius 2 is 2.18 bits per heavy atom. The van der Waals surface area contributed by atoms with Crippen LogP contribution in [0.2, 0.25) is 0 Å². The van der Waals surface area contributed by atoms with Crippen molar-refractivity contribution in [1.82, 2.24) is 9.78 Å². The third kappa shape index (κ3) is 2.25. The summed E-state index contributed by atoms with van der Waals surface area (Å²) in [5.41, 5.74) is 2.04. The molecule has 2 rings (SSSR count). The highest BCUT2D eigenvalue weighted by Crippen LogP contribution is 2.29. The second-order valence-corrected chi connectivity index (χ2v) is 4.76. The van der Waals surface area contributed by atoms with Gasteiger partial charge in [-0.2, -0.15) is 5.10 Å². The first-order valence-electron chi connectivity index (χ1n) is 5.12. The van der Waals surface area contributed by atoms with Crippen molar-refractivity contribution in [2.75, 3.05) is 0 Å². The third-order valence-electron chi connectivity index (χ3n) is 2.72. The molecule has 0 saturated carbocycles. The topological polar surface area (TPSA) is 38.1 Å². The van der Waals surface area contributed by atoms with Gasteiger partial charge in [-0.3, -0.25) is 4.68 Å². The molecule has 0 saturated heterocycles. The summed E-state index contributed by atoms with van der Waals surface area (Å²) in [4.78, 5) is 0. The summed E-state index contributed by atoms with van der Waals surface area (Å²) >= 11 is 3.34. The van der Waals surface area contributed by atoms with E-state index < -0.39 is 6.10 Å². The summed E-state index contributed by atoms with van der Waals surface area (Å²) in [5, 5.41) is 14.3. The fraction of sp³-hybridized carbons (Fsp3) is 0.250. The van der Waals surface area contributed by atoms with Gasteiger partial charge in [0.1, 0.15) is 11.9 Å². The van der Waals surface area contributed by atoms with Gasteiger partial charge in [-0.05, 0) is 46.1 Å². The number of aryl methyl sites for hydroxylation is 2. The number of halogens is 2. The van der Waals surface area contributed by atoms with E-state index in [-0.39, 0.29) is 5.82 Å². The Balaban J connectivity index is 2.47. The van der Waals surface area contributed by atoms with Crippen LogP contribution in [0.15, 0.2) is 28.9 Å². The Morgan fingerprint density at radius 1 is 1.47 bits per heavy atom. The number of aliphatic hydroxyl groups excluding tert-OH is 1. The summed E-state index contributed by atoms with van der Waals surface area (Å²) in [6.45, 7) is 1.77. The van der Waals surface area contributed by atoms with Crippen LogP contribution in [0.3, 0.4) is 0 Å². The maximum Gasteiger partial charge on any atom is 0.123 e. The van der Waals surface area contributed by atoms with Crippen LogP contribution in [-0.2, 0) is 7.05 Å². The maximum absolute atomic E-state index is 13.0. The van der Waals surface area contributed by atoms with Gasteiger partial charge in [0.05, 0.1) is 16.4 Å². The molecule has 0 fully saturated rings. The number of aromatic nitrogens is 2. The van der Waals surface area contributed by atoms with E-state index in [1.807, 2.05) is 0 Å². The normalized spacial score (nSPS) is 12.8. The number of hydrogen-bond donors (Lipinski definition) is 1. The molecule has 1 aromatic heterocycles. The fourth-order valence-corrected chi connectivity index (χ4v) is 2.39. The summed E-state index contributed by atoms with van der Waals surface area (Å²) in [6.07, 6.45) is 0.801. The summed E-state index contributed by atoms with van der Waals surface area (Å²) in [5.74, 6) is -0.303. The van der Waals surface area contributed by atoms with Crippen molar-refractivity contribution in [2.45, 2.75) is 13.0 Å². The molecule has 0 spiro atoms. The van der Waals surface area contributed by atoms with Crippen molar-refractivity contribution in [1.29, 1.82) is 0 Å². The molecular formula is C12H12BrFN2O. The Hall–Kier alpha value is -1.20. The lowest BCUT2D eigenvalue weighted by Gasteiger charge is -2.14. The zero-order valence-corrected chi connectivity index (χ0v) is 11.1. The van der Waals surface area contributed by atoms with Crippen LogP contribution < -0.4 is 0 Å². The molecule has 1 heterocycles. The molecule has 5 heteroatoms. The molecule has 17 heavy (non-hydrogen) atoms.